The number of anilines is 1. The van der Waals surface area contributed by atoms with Crippen molar-refractivity contribution < 1.29 is 14.3 Å². The highest BCUT2D eigenvalue weighted by Gasteiger charge is 2.33. The van der Waals surface area contributed by atoms with Gasteiger partial charge in [-0.1, -0.05) is 24.3 Å². The molecule has 2 N–H and O–H groups in total. The first-order valence-corrected chi connectivity index (χ1v) is 8.82. The summed E-state index contributed by atoms with van der Waals surface area (Å²) >= 11 is 5.48. The van der Waals surface area contributed by atoms with E-state index in [2.05, 4.69) is 24.5 Å². The Morgan fingerprint density at radius 3 is 2.77 bits per heavy atom. The quantitative estimate of drug-likeness (QED) is 0.628. The minimum atomic E-state index is -0.382. The van der Waals surface area contributed by atoms with Gasteiger partial charge in [-0.25, -0.2) is 4.79 Å². The van der Waals surface area contributed by atoms with Crippen molar-refractivity contribution >= 4 is 29.0 Å². The van der Waals surface area contributed by atoms with Crippen LogP contribution < -0.4 is 15.4 Å². The van der Waals surface area contributed by atoms with Gasteiger partial charge in [-0.05, 0) is 50.3 Å². The summed E-state index contributed by atoms with van der Waals surface area (Å²) in [6.45, 7) is 4.13. The largest absolute Gasteiger partial charge is 0.487 e. The number of carbonyl (C=O) groups excluding carboxylic acids is 1. The highest BCUT2D eigenvalue weighted by Crippen LogP contribution is 2.39. The van der Waals surface area contributed by atoms with Crippen molar-refractivity contribution in [2.75, 3.05) is 12.4 Å². The molecule has 2 aromatic rings. The van der Waals surface area contributed by atoms with Gasteiger partial charge in [0.05, 0.1) is 18.7 Å². The zero-order valence-corrected chi connectivity index (χ0v) is 15.9. The Morgan fingerprint density at radius 2 is 2.00 bits per heavy atom. The van der Waals surface area contributed by atoms with Crippen LogP contribution >= 0.6 is 12.2 Å². The van der Waals surface area contributed by atoms with E-state index in [4.69, 9.17) is 21.7 Å². The fraction of sp³-hybridized carbons (Fsp3) is 0.300. The van der Waals surface area contributed by atoms with Gasteiger partial charge in [-0.2, -0.15) is 0 Å². The molecule has 0 bridgehead atoms. The second kappa shape index (κ2) is 7.33. The number of methoxy groups -OCH3 is 1. The molecule has 0 spiro atoms. The number of carbonyl (C=O) groups is 1. The van der Waals surface area contributed by atoms with Gasteiger partial charge in [0.2, 0.25) is 0 Å². The number of ether oxygens (including phenoxy) is 2. The number of fused-ring (bicyclic) bond motifs is 1. The normalized spacial score (nSPS) is 17.4. The predicted molar refractivity (Wildman–Crippen MR) is 106 cm³/mol. The smallest absolute Gasteiger partial charge is 0.337 e. The summed E-state index contributed by atoms with van der Waals surface area (Å²) in [5.41, 5.74) is 1.99. The second-order valence-corrected chi connectivity index (χ2v) is 7.24. The van der Waals surface area contributed by atoms with Crippen LogP contribution in [-0.4, -0.2) is 23.8 Å². The van der Waals surface area contributed by atoms with Crippen LogP contribution in [0.2, 0.25) is 0 Å². The molecule has 0 saturated carbocycles. The highest BCUT2D eigenvalue weighted by molar-refractivity contribution is 7.80. The molecule has 0 fully saturated rings. The predicted octanol–water partition coefficient (Wildman–Crippen LogP) is 4.06. The lowest BCUT2D eigenvalue weighted by atomic mass is 9.90. The minimum absolute atomic E-state index is 0.0405. The van der Waals surface area contributed by atoms with Crippen LogP contribution in [-0.2, 0) is 4.74 Å². The van der Waals surface area contributed by atoms with Gasteiger partial charge in [0.1, 0.15) is 11.4 Å². The van der Waals surface area contributed by atoms with Crippen molar-refractivity contribution in [2.24, 2.45) is 0 Å². The molecule has 0 unspecified atom stereocenters. The van der Waals surface area contributed by atoms with Crippen LogP contribution in [0.25, 0.3) is 0 Å². The van der Waals surface area contributed by atoms with E-state index in [9.17, 15) is 4.79 Å². The lowest BCUT2D eigenvalue weighted by molar-refractivity contribution is 0.0600. The fourth-order valence-corrected chi connectivity index (χ4v) is 3.36. The van der Waals surface area contributed by atoms with E-state index in [1.165, 1.54) is 7.11 Å². The standard InChI is InChI=1S/C20H22N2O3S/c1-20(2)12-16(15-9-4-5-10-17(15)25-20)22-19(26)21-14-8-6-7-13(11-14)18(23)24-3/h4-11,16H,12H2,1-3H3,(H2,21,22,26)/t16-/m1/s1. The first kappa shape index (κ1) is 18.2. The molecule has 1 aliphatic rings. The SMILES string of the molecule is COC(=O)c1cccc(NC(=S)N[C@@H]2CC(C)(C)Oc3ccccc32)c1. The Morgan fingerprint density at radius 1 is 1.23 bits per heavy atom. The Balaban J connectivity index is 1.73. The van der Waals surface area contributed by atoms with Crippen LogP contribution in [0.1, 0.15) is 42.2 Å². The Labute approximate surface area is 158 Å². The molecule has 0 radical (unpaired) electrons. The van der Waals surface area contributed by atoms with E-state index in [0.717, 1.165) is 23.4 Å². The third-order valence-electron chi connectivity index (χ3n) is 4.22. The van der Waals surface area contributed by atoms with E-state index in [1.54, 1.807) is 18.2 Å². The number of thiocarbonyl (C=S) groups is 1. The molecule has 3 rings (SSSR count). The van der Waals surface area contributed by atoms with Gasteiger partial charge in [-0.15, -0.1) is 0 Å². The molecule has 1 atom stereocenters. The van der Waals surface area contributed by atoms with Gasteiger partial charge in [0.15, 0.2) is 5.11 Å². The van der Waals surface area contributed by atoms with E-state index in [0.29, 0.717) is 10.7 Å². The second-order valence-electron chi connectivity index (χ2n) is 6.83. The molecule has 6 heteroatoms. The number of esters is 1. The Hall–Kier alpha value is -2.60. The van der Waals surface area contributed by atoms with Gasteiger partial charge in [-0.3, -0.25) is 0 Å². The van der Waals surface area contributed by atoms with Crippen molar-refractivity contribution in [1.29, 1.82) is 0 Å². The first-order valence-electron chi connectivity index (χ1n) is 8.42. The number of rotatable bonds is 3. The van der Waals surface area contributed by atoms with E-state index < -0.39 is 0 Å². The van der Waals surface area contributed by atoms with Crippen molar-refractivity contribution in [3.05, 3.63) is 59.7 Å². The van der Waals surface area contributed by atoms with Crippen molar-refractivity contribution in [3.8, 4) is 5.75 Å². The monoisotopic (exact) mass is 370 g/mol. The molecule has 0 aliphatic carbocycles. The molecule has 0 saturated heterocycles. The molecular formula is C20H22N2O3S. The summed E-state index contributed by atoms with van der Waals surface area (Å²) in [4.78, 5) is 11.7. The average molecular weight is 370 g/mol. The highest BCUT2D eigenvalue weighted by atomic mass is 32.1. The van der Waals surface area contributed by atoms with E-state index in [-0.39, 0.29) is 17.6 Å². The van der Waals surface area contributed by atoms with Crippen LogP contribution in [0.3, 0.4) is 0 Å². The van der Waals surface area contributed by atoms with E-state index in [1.807, 2.05) is 30.3 Å². The molecular weight excluding hydrogens is 348 g/mol. The van der Waals surface area contributed by atoms with Gasteiger partial charge in [0, 0.05) is 17.7 Å². The van der Waals surface area contributed by atoms with Crippen LogP contribution in [0.4, 0.5) is 5.69 Å². The van der Waals surface area contributed by atoms with Gasteiger partial charge in [0.25, 0.3) is 0 Å². The fourth-order valence-electron chi connectivity index (χ4n) is 3.10. The van der Waals surface area contributed by atoms with Crippen molar-refractivity contribution in [2.45, 2.75) is 31.9 Å². The summed E-state index contributed by atoms with van der Waals surface area (Å²) in [5, 5.41) is 6.99. The van der Waals surface area contributed by atoms with Crippen molar-refractivity contribution in [1.82, 2.24) is 5.32 Å². The van der Waals surface area contributed by atoms with Gasteiger partial charge < -0.3 is 20.1 Å². The van der Waals surface area contributed by atoms with Crippen LogP contribution in [0.15, 0.2) is 48.5 Å². The van der Waals surface area contributed by atoms with E-state index >= 15 is 0 Å². The number of hydrogen-bond acceptors (Lipinski definition) is 4. The maximum absolute atomic E-state index is 11.7. The molecule has 2 aromatic carbocycles. The lowest BCUT2D eigenvalue weighted by Gasteiger charge is -2.38. The summed E-state index contributed by atoms with van der Waals surface area (Å²) in [7, 11) is 1.36. The topological polar surface area (TPSA) is 59.6 Å². The summed E-state index contributed by atoms with van der Waals surface area (Å²) in [6, 6.07) is 15.1. The van der Waals surface area contributed by atoms with Crippen molar-refractivity contribution in [3.63, 3.8) is 0 Å². The number of hydrogen-bond donors (Lipinski definition) is 2. The zero-order chi connectivity index (χ0) is 18.7. The third-order valence-corrected chi connectivity index (χ3v) is 4.44. The lowest BCUT2D eigenvalue weighted by Crippen LogP contribution is -2.42. The van der Waals surface area contributed by atoms with Gasteiger partial charge >= 0.3 is 5.97 Å². The molecule has 5 nitrogen and oxygen atoms in total. The number of benzene rings is 2. The third kappa shape index (κ3) is 4.14. The Kier molecular flexibility index (Phi) is 5.13. The molecule has 26 heavy (non-hydrogen) atoms. The van der Waals surface area contributed by atoms with Crippen LogP contribution in [0, 0.1) is 0 Å². The molecule has 0 amide bonds. The zero-order valence-electron chi connectivity index (χ0n) is 15.0. The first-order chi connectivity index (χ1) is 12.4. The maximum atomic E-state index is 11.7. The molecule has 0 aromatic heterocycles. The number of nitrogens with one attached hydrogen (secondary N) is 2. The maximum Gasteiger partial charge on any atom is 0.337 e. The summed E-state index contributed by atoms with van der Waals surface area (Å²) in [5.74, 6) is 0.490. The number of para-hydroxylation sites is 1. The molecule has 136 valence electrons. The summed E-state index contributed by atoms with van der Waals surface area (Å²) < 4.78 is 10.8. The average Bonchev–Trinajstić information content (AvgIpc) is 2.60. The molecule has 1 aliphatic heterocycles. The summed E-state index contributed by atoms with van der Waals surface area (Å²) in [6.07, 6.45) is 0.786. The molecule has 1 heterocycles. The Bertz CT molecular complexity index is 835. The van der Waals surface area contributed by atoms with Crippen LogP contribution in [0.5, 0.6) is 5.75 Å². The minimum Gasteiger partial charge on any atom is -0.487 e.